The molecule has 1 rings (SSSR count). The molecule has 0 amide bonds. The number of aliphatic hydroxyl groups is 3. The zero-order chi connectivity index (χ0) is 12.6. The molecule has 1 saturated carbocycles. The fourth-order valence-corrected chi connectivity index (χ4v) is 2.77. The molecule has 94 valence electrons. The van der Waals surface area contributed by atoms with E-state index in [1.54, 1.807) is 19.1 Å². The van der Waals surface area contributed by atoms with Gasteiger partial charge < -0.3 is 15.3 Å². The zero-order valence-corrected chi connectivity index (χ0v) is 10.6. The lowest BCUT2D eigenvalue weighted by molar-refractivity contribution is -0.127. The van der Waals surface area contributed by atoms with Crippen molar-refractivity contribution >= 4 is 0 Å². The van der Waals surface area contributed by atoms with Gasteiger partial charge in [-0.05, 0) is 31.1 Å². The van der Waals surface area contributed by atoms with Crippen LogP contribution in [-0.2, 0) is 0 Å². The van der Waals surface area contributed by atoms with Gasteiger partial charge in [-0.15, -0.1) is 0 Å². The molecule has 0 unspecified atom stereocenters. The van der Waals surface area contributed by atoms with Gasteiger partial charge in [0.1, 0.15) is 0 Å². The molecule has 0 saturated heterocycles. The van der Waals surface area contributed by atoms with Crippen molar-refractivity contribution in [3.05, 3.63) is 12.2 Å². The van der Waals surface area contributed by atoms with Crippen LogP contribution in [0.4, 0.5) is 0 Å². The highest BCUT2D eigenvalue weighted by atomic mass is 16.3. The molecule has 0 bridgehead atoms. The maximum Gasteiger partial charge on any atom is 0.0906 e. The van der Waals surface area contributed by atoms with Crippen molar-refractivity contribution in [3.8, 4) is 0 Å². The Morgan fingerprint density at radius 3 is 2.38 bits per heavy atom. The molecule has 0 aromatic rings. The quantitative estimate of drug-likeness (QED) is 0.627. The molecule has 0 spiro atoms. The fourth-order valence-electron chi connectivity index (χ4n) is 2.77. The van der Waals surface area contributed by atoms with Crippen molar-refractivity contribution in [3.63, 3.8) is 0 Å². The first-order chi connectivity index (χ1) is 7.19. The molecule has 1 aliphatic carbocycles. The first-order valence-corrected chi connectivity index (χ1v) is 5.97. The van der Waals surface area contributed by atoms with Gasteiger partial charge in [-0.2, -0.15) is 0 Å². The Kier molecular flexibility index (Phi) is 3.83. The van der Waals surface area contributed by atoms with Crippen LogP contribution in [0.1, 0.15) is 40.5 Å². The average molecular weight is 228 g/mol. The van der Waals surface area contributed by atoms with Gasteiger partial charge in [0.25, 0.3) is 0 Å². The van der Waals surface area contributed by atoms with Crippen LogP contribution in [0, 0.1) is 11.3 Å². The van der Waals surface area contributed by atoms with Crippen molar-refractivity contribution in [2.24, 2.45) is 11.3 Å². The molecule has 0 heterocycles. The van der Waals surface area contributed by atoms with E-state index >= 15 is 0 Å². The van der Waals surface area contributed by atoms with Gasteiger partial charge in [-0.25, -0.2) is 0 Å². The largest absolute Gasteiger partial charge is 0.393 e. The molecule has 3 heteroatoms. The van der Waals surface area contributed by atoms with Crippen LogP contribution in [0.25, 0.3) is 0 Å². The van der Waals surface area contributed by atoms with Gasteiger partial charge in [0, 0.05) is 0 Å². The van der Waals surface area contributed by atoms with Gasteiger partial charge in [-0.1, -0.05) is 32.9 Å². The summed E-state index contributed by atoms with van der Waals surface area (Å²) < 4.78 is 0. The summed E-state index contributed by atoms with van der Waals surface area (Å²) in [6, 6.07) is 0. The lowest BCUT2D eigenvalue weighted by Gasteiger charge is -2.50. The zero-order valence-electron chi connectivity index (χ0n) is 10.6. The van der Waals surface area contributed by atoms with E-state index in [4.69, 9.17) is 0 Å². The van der Waals surface area contributed by atoms with Crippen molar-refractivity contribution in [2.45, 2.75) is 58.3 Å². The highest BCUT2D eigenvalue weighted by Crippen LogP contribution is 2.47. The Labute approximate surface area is 97.8 Å². The first-order valence-electron chi connectivity index (χ1n) is 5.97. The minimum Gasteiger partial charge on any atom is -0.393 e. The van der Waals surface area contributed by atoms with Crippen molar-refractivity contribution in [2.75, 3.05) is 0 Å². The van der Waals surface area contributed by atoms with Crippen LogP contribution in [0.2, 0.25) is 0 Å². The molecule has 0 aromatic heterocycles. The van der Waals surface area contributed by atoms with E-state index in [-0.39, 0.29) is 17.4 Å². The van der Waals surface area contributed by atoms with Crippen LogP contribution in [0.3, 0.4) is 0 Å². The van der Waals surface area contributed by atoms with Crippen LogP contribution in [0.5, 0.6) is 0 Å². The average Bonchev–Trinajstić information content (AvgIpc) is 2.10. The lowest BCUT2D eigenvalue weighted by Crippen LogP contribution is -2.54. The van der Waals surface area contributed by atoms with Crippen molar-refractivity contribution in [1.82, 2.24) is 0 Å². The number of hydrogen-bond donors (Lipinski definition) is 3. The summed E-state index contributed by atoms with van der Waals surface area (Å²) in [6.45, 7) is 7.52. The van der Waals surface area contributed by atoms with Crippen LogP contribution >= 0.6 is 0 Å². The minimum atomic E-state index is -0.955. The summed E-state index contributed by atoms with van der Waals surface area (Å²) in [5.74, 6) is -0.0127. The molecule has 3 N–H and O–H groups in total. The summed E-state index contributed by atoms with van der Waals surface area (Å²) >= 11 is 0. The molecule has 3 nitrogen and oxygen atoms in total. The molecule has 0 aliphatic heterocycles. The highest BCUT2D eigenvalue weighted by Gasteiger charge is 2.50. The monoisotopic (exact) mass is 228 g/mol. The van der Waals surface area contributed by atoms with Crippen LogP contribution < -0.4 is 0 Å². The SMILES string of the molecule is C[C@@H]1C[C@H](O)CC(C)(C)[C@@]1(O)C=C[C@@H](C)O. The molecule has 1 fully saturated rings. The van der Waals surface area contributed by atoms with E-state index in [1.165, 1.54) is 0 Å². The van der Waals surface area contributed by atoms with E-state index in [9.17, 15) is 15.3 Å². The molecule has 0 aromatic carbocycles. The minimum absolute atomic E-state index is 0.0127. The molecular weight excluding hydrogens is 204 g/mol. The molecule has 0 radical (unpaired) electrons. The third-order valence-corrected chi connectivity index (χ3v) is 3.84. The number of hydrogen-bond acceptors (Lipinski definition) is 3. The summed E-state index contributed by atoms with van der Waals surface area (Å²) in [4.78, 5) is 0. The topological polar surface area (TPSA) is 60.7 Å². The van der Waals surface area contributed by atoms with Crippen molar-refractivity contribution in [1.29, 1.82) is 0 Å². The van der Waals surface area contributed by atoms with Gasteiger partial charge in [0.05, 0.1) is 17.8 Å². The molecule has 4 atom stereocenters. The normalized spacial score (nSPS) is 41.2. The van der Waals surface area contributed by atoms with Crippen LogP contribution in [0.15, 0.2) is 12.2 Å². The fraction of sp³-hybridized carbons (Fsp3) is 0.846. The van der Waals surface area contributed by atoms with Crippen molar-refractivity contribution < 1.29 is 15.3 Å². The lowest BCUT2D eigenvalue weighted by atomic mass is 9.60. The summed E-state index contributed by atoms with van der Waals surface area (Å²) in [5.41, 5.74) is -1.33. The Bertz CT molecular complexity index is 270. The first kappa shape index (κ1) is 13.7. The van der Waals surface area contributed by atoms with E-state index < -0.39 is 11.7 Å². The smallest absolute Gasteiger partial charge is 0.0906 e. The maximum absolute atomic E-state index is 10.7. The predicted molar refractivity (Wildman–Crippen MR) is 64.0 cm³/mol. The second-order valence-electron chi connectivity index (χ2n) is 5.80. The Hall–Kier alpha value is -0.380. The Morgan fingerprint density at radius 1 is 1.38 bits per heavy atom. The highest BCUT2D eigenvalue weighted by molar-refractivity contribution is 5.14. The van der Waals surface area contributed by atoms with E-state index in [0.717, 1.165) is 0 Å². The second kappa shape index (κ2) is 4.47. The second-order valence-corrected chi connectivity index (χ2v) is 5.80. The Balaban J connectivity index is 2.98. The molecular formula is C13H24O3. The van der Waals surface area contributed by atoms with E-state index in [2.05, 4.69) is 0 Å². The summed E-state index contributed by atoms with van der Waals surface area (Å²) in [6.07, 6.45) is 3.61. The maximum atomic E-state index is 10.7. The number of rotatable bonds is 2. The van der Waals surface area contributed by atoms with Gasteiger partial charge in [-0.3, -0.25) is 0 Å². The third-order valence-electron chi connectivity index (χ3n) is 3.84. The summed E-state index contributed by atoms with van der Waals surface area (Å²) in [5, 5.41) is 29.7. The molecule has 1 aliphatic rings. The standard InChI is InChI=1S/C13H24O3/c1-9-7-11(15)8-12(3,4)13(9,16)6-5-10(2)14/h5-6,9-11,14-16H,7-8H2,1-4H3/t9-,10-,11+,13-/m1/s1. The van der Waals surface area contributed by atoms with Crippen LogP contribution in [-0.4, -0.2) is 33.1 Å². The van der Waals surface area contributed by atoms with Gasteiger partial charge >= 0.3 is 0 Å². The Morgan fingerprint density at radius 2 is 1.94 bits per heavy atom. The summed E-state index contributed by atoms with van der Waals surface area (Å²) in [7, 11) is 0. The van der Waals surface area contributed by atoms with E-state index in [1.807, 2.05) is 20.8 Å². The van der Waals surface area contributed by atoms with E-state index in [0.29, 0.717) is 12.8 Å². The number of aliphatic hydroxyl groups excluding tert-OH is 2. The van der Waals surface area contributed by atoms with Gasteiger partial charge in [0.15, 0.2) is 0 Å². The van der Waals surface area contributed by atoms with Gasteiger partial charge in [0.2, 0.25) is 0 Å². The molecule has 16 heavy (non-hydrogen) atoms. The third kappa shape index (κ3) is 2.47. The predicted octanol–water partition coefficient (Wildman–Crippen LogP) is 1.47.